The van der Waals surface area contributed by atoms with E-state index < -0.39 is 15.9 Å². The van der Waals surface area contributed by atoms with Gasteiger partial charge in [-0.1, -0.05) is 13.0 Å². The molecule has 4 aromatic heterocycles. The number of sulfonamides is 1. The van der Waals surface area contributed by atoms with Crippen LogP contribution in [0.15, 0.2) is 72.1 Å². The Morgan fingerprint density at radius 3 is 2.68 bits per heavy atom. The third kappa shape index (κ3) is 4.78. The van der Waals surface area contributed by atoms with E-state index in [4.69, 9.17) is 15.6 Å². The summed E-state index contributed by atoms with van der Waals surface area (Å²) < 4.78 is 37.5. The molecule has 0 bridgehead atoms. The Balaban J connectivity index is 1.52. The van der Waals surface area contributed by atoms with Crippen molar-refractivity contribution in [3.8, 4) is 28.4 Å². The summed E-state index contributed by atoms with van der Waals surface area (Å²) in [5, 5.41) is 9.11. The molecule has 0 radical (unpaired) electrons. The summed E-state index contributed by atoms with van der Waals surface area (Å²) in [6.45, 7) is 2.89. The summed E-state index contributed by atoms with van der Waals surface area (Å²) in [7, 11) is -2.71. The van der Waals surface area contributed by atoms with Crippen LogP contribution in [-0.4, -0.2) is 50.8 Å². The number of aryl methyl sites for hydroxylation is 1. The van der Waals surface area contributed by atoms with Crippen molar-refractivity contribution in [2.24, 2.45) is 5.73 Å². The molecule has 5 aromatic rings. The molecule has 0 spiro atoms. The molecule has 0 saturated heterocycles. The molecule has 4 heterocycles. The first-order chi connectivity index (χ1) is 18.3. The molecule has 0 aliphatic heterocycles. The molecule has 12 nitrogen and oxygen atoms in total. The van der Waals surface area contributed by atoms with Crippen molar-refractivity contribution in [2.45, 2.75) is 24.8 Å². The van der Waals surface area contributed by atoms with E-state index in [1.54, 1.807) is 29.0 Å². The van der Waals surface area contributed by atoms with Gasteiger partial charge in [0.15, 0.2) is 5.65 Å². The smallest absolute Gasteiger partial charge is 0.262 e. The summed E-state index contributed by atoms with van der Waals surface area (Å²) in [4.78, 5) is 20.1. The zero-order valence-corrected chi connectivity index (χ0v) is 21.4. The van der Waals surface area contributed by atoms with Crippen molar-refractivity contribution in [2.75, 3.05) is 11.8 Å². The van der Waals surface area contributed by atoms with Crippen molar-refractivity contribution in [3.63, 3.8) is 0 Å². The lowest BCUT2D eigenvalue weighted by Gasteiger charge is -2.13. The minimum atomic E-state index is -4.09. The van der Waals surface area contributed by atoms with Gasteiger partial charge in [0.2, 0.25) is 11.8 Å². The predicted octanol–water partition coefficient (Wildman–Crippen LogP) is 2.97. The van der Waals surface area contributed by atoms with Crippen molar-refractivity contribution in [1.29, 1.82) is 0 Å². The van der Waals surface area contributed by atoms with E-state index in [1.807, 2.05) is 16.9 Å². The largest absolute Gasteiger partial charge is 0.480 e. The highest BCUT2D eigenvalue weighted by atomic mass is 32.2. The van der Waals surface area contributed by atoms with Crippen molar-refractivity contribution in [3.05, 3.63) is 72.8 Å². The number of carbonyl (C=O) groups is 1. The van der Waals surface area contributed by atoms with Gasteiger partial charge in [0, 0.05) is 35.6 Å². The van der Waals surface area contributed by atoms with E-state index in [9.17, 15) is 13.2 Å². The normalized spacial score (nSPS) is 11.5. The van der Waals surface area contributed by atoms with Gasteiger partial charge in [-0.05, 0) is 42.8 Å². The number of pyridine rings is 1. The molecule has 5 rings (SSSR count). The molecule has 3 N–H and O–H groups in total. The number of nitrogens with one attached hydrogen (secondary N) is 1. The molecule has 0 atom stereocenters. The topological polar surface area (TPSA) is 159 Å². The van der Waals surface area contributed by atoms with E-state index in [1.165, 1.54) is 37.6 Å². The van der Waals surface area contributed by atoms with Crippen molar-refractivity contribution < 1.29 is 17.9 Å². The summed E-state index contributed by atoms with van der Waals surface area (Å²) in [5.41, 5.74) is 8.82. The van der Waals surface area contributed by atoms with Gasteiger partial charge in [-0.2, -0.15) is 10.2 Å². The Labute approximate surface area is 218 Å². The van der Waals surface area contributed by atoms with E-state index in [2.05, 4.69) is 26.7 Å². The summed E-state index contributed by atoms with van der Waals surface area (Å²) >= 11 is 0. The molecule has 38 heavy (non-hydrogen) atoms. The monoisotopic (exact) mass is 532 g/mol. The van der Waals surface area contributed by atoms with E-state index in [0.717, 1.165) is 24.2 Å². The average molecular weight is 533 g/mol. The van der Waals surface area contributed by atoms with Crippen LogP contribution in [-0.2, 0) is 16.6 Å². The Kier molecular flexibility index (Phi) is 6.51. The summed E-state index contributed by atoms with van der Waals surface area (Å²) in [6.07, 6.45) is 7.93. The van der Waals surface area contributed by atoms with Crippen LogP contribution in [0.25, 0.3) is 28.2 Å². The fourth-order valence-corrected chi connectivity index (χ4v) is 5.01. The number of nitrogens with zero attached hydrogens (tertiary/aromatic N) is 6. The molecule has 0 aliphatic rings. The molecular formula is C25H24N8O4S. The summed E-state index contributed by atoms with van der Waals surface area (Å²) in [5.74, 6) is -0.669. The van der Waals surface area contributed by atoms with Crippen molar-refractivity contribution >= 4 is 27.3 Å². The second kappa shape index (κ2) is 9.94. The minimum absolute atomic E-state index is 0.0658. The fourth-order valence-electron chi connectivity index (χ4n) is 3.92. The summed E-state index contributed by atoms with van der Waals surface area (Å²) in [6, 6.07) is 10.6. The van der Waals surface area contributed by atoms with Gasteiger partial charge in [0.25, 0.3) is 10.0 Å². The van der Waals surface area contributed by atoms with Crippen LogP contribution in [0.5, 0.6) is 5.88 Å². The second-order valence-electron chi connectivity index (χ2n) is 8.40. The maximum absolute atomic E-state index is 13.1. The lowest BCUT2D eigenvalue weighted by atomic mass is 10.2. The molecule has 13 heteroatoms. The van der Waals surface area contributed by atoms with Crippen molar-refractivity contribution in [1.82, 2.24) is 29.4 Å². The van der Waals surface area contributed by atoms with Crippen LogP contribution in [0.1, 0.15) is 23.7 Å². The maximum atomic E-state index is 13.1. The molecule has 0 fully saturated rings. The Morgan fingerprint density at radius 2 is 1.92 bits per heavy atom. The third-order valence-electron chi connectivity index (χ3n) is 5.76. The number of carbonyl (C=O) groups excluding carboxylic acids is 1. The Morgan fingerprint density at radius 1 is 1.08 bits per heavy atom. The minimum Gasteiger partial charge on any atom is -0.480 e. The molecule has 1 aromatic carbocycles. The zero-order chi connectivity index (χ0) is 26.9. The Bertz CT molecular complexity index is 1760. The first-order valence-electron chi connectivity index (χ1n) is 11.6. The average Bonchev–Trinajstić information content (AvgIpc) is 3.55. The van der Waals surface area contributed by atoms with E-state index in [0.29, 0.717) is 16.9 Å². The molecule has 0 aliphatic carbocycles. The van der Waals surface area contributed by atoms with Crippen LogP contribution in [0, 0.1) is 0 Å². The second-order valence-corrected chi connectivity index (χ2v) is 10.1. The van der Waals surface area contributed by atoms with Gasteiger partial charge in [-0.15, -0.1) is 0 Å². The lowest BCUT2D eigenvalue weighted by Crippen LogP contribution is -2.16. The quantitative estimate of drug-likeness (QED) is 0.293. The number of hydrogen-bond acceptors (Lipinski definition) is 8. The number of methoxy groups -OCH3 is 1. The number of fused-ring (bicyclic) bond motifs is 1. The van der Waals surface area contributed by atoms with E-state index in [-0.39, 0.29) is 22.0 Å². The van der Waals surface area contributed by atoms with Gasteiger partial charge in [-0.3, -0.25) is 14.2 Å². The highest BCUT2D eigenvalue weighted by Crippen LogP contribution is 2.30. The van der Waals surface area contributed by atoms with Crippen LogP contribution < -0.4 is 15.2 Å². The van der Waals surface area contributed by atoms with Crippen LogP contribution >= 0.6 is 0 Å². The maximum Gasteiger partial charge on any atom is 0.262 e. The highest BCUT2D eigenvalue weighted by molar-refractivity contribution is 7.92. The number of benzene rings is 1. The fraction of sp³-hybridized carbons (Fsp3) is 0.160. The number of anilines is 1. The molecule has 0 saturated carbocycles. The third-order valence-corrected chi connectivity index (χ3v) is 7.12. The van der Waals surface area contributed by atoms with Crippen LogP contribution in [0.3, 0.4) is 0 Å². The number of aromatic nitrogens is 6. The predicted molar refractivity (Wildman–Crippen MR) is 140 cm³/mol. The molecular weight excluding hydrogens is 508 g/mol. The number of hydrogen-bond donors (Lipinski definition) is 2. The highest BCUT2D eigenvalue weighted by Gasteiger charge is 2.20. The Hall–Kier alpha value is -4.78. The molecule has 1 amide bonds. The lowest BCUT2D eigenvalue weighted by molar-refractivity contribution is 0.1000. The molecule has 0 unspecified atom stereocenters. The first-order valence-corrected chi connectivity index (χ1v) is 13.1. The van der Waals surface area contributed by atoms with Gasteiger partial charge in [0.05, 0.1) is 35.8 Å². The number of amides is 1. The van der Waals surface area contributed by atoms with E-state index >= 15 is 0 Å². The first kappa shape index (κ1) is 24.9. The number of imidazole rings is 1. The van der Waals surface area contributed by atoms with Crippen LogP contribution in [0.4, 0.5) is 5.69 Å². The van der Waals surface area contributed by atoms with Gasteiger partial charge in [-0.25, -0.2) is 22.9 Å². The van der Waals surface area contributed by atoms with Gasteiger partial charge < -0.3 is 10.5 Å². The van der Waals surface area contributed by atoms with Gasteiger partial charge >= 0.3 is 0 Å². The number of ether oxygens (including phenoxy) is 1. The number of rotatable bonds is 9. The SMILES string of the molecule is CCCn1cc(-c2cnc3ccc(-c4cnc(OC)c(NS(=O)(=O)c5cccc(C(N)=O)c5)c4)nn23)cn1. The standard InChI is InChI=1S/C25H24N8O4S/c1-3-9-32-15-18(13-29-32)22-14-27-23-8-7-20(30-33(22)23)17-11-21(25(37-2)28-12-17)31-38(35,36)19-6-4-5-16(10-19)24(26)34/h4-8,10-15,31H,3,9H2,1-2H3,(H2,26,34). The number of nitrogens with two attached hydrogens (primary N) is 1. The van der Waals surface area contributed by atoms with Crippen LogP contribution in [0.2, 0.25) is 0 Å². The molecule has 194 valence electrons. The zero-order valence-electron chi connectivity index (χ0n) is 20.6. The van der Waals surface area contributed by atoms with Gasteiger partial charge in [0.1, 0.15) is 5.69 Å². The number of primary amides is 1.